The lowest BCUT2D eigenvalue weighted by Crippen LogP contribution is -2.42. The fraction of sp³-hybridized carbons (Fsp3) is 0.556. The van der Waals surface area contributed by atoms with Gasteiger partial charge in [0.2, 0.25) is 6.79 Å². The Labute approximate surface area is 191 Å². The minimum Gasteiger partial charge on any atom is -0.454 e. The number of hydrogen-bond acceptors (Lipinski definition) is 5. The summed E-state index contributed by atoms with van der Waals surface area (Å²) in [7, 11) is 0. The molecule has 8 nitrogen and oxygen atoms in total. The fourth-order valence-corrected chi connectivity index (χ4v) is 2.89. The molecule has 28 heavy (non-hydrogen) atoms. The number of guanidine groups is 1. The van der Waals surface area contributed by atoms with Gasteiger partial charge < -0.3 is 30.2 Å². The molecule has 1 aliphatic heterocycles. The van der Waals surface area contributed by atoms with Crippen molar-refractivity contribution in [3.05, 3.63) is 22.2 Å². The molecule has 1 amide bonds. The molecule has 0 bridgehead atoms. The van der Waals surface area contributed by atoms with Gasteiger partial charge in [-0.3, -0.25) is 0 Å². The lowest BCUT2D eigenvalue weighted by atomic mass is 10.2. The van der Waals surface area contributed by atoms with Crippen molar-refractivity contribution in [2.45, 2.75) is 39.8 Å². The number of nitrogens with one attached hydrogen (secondary N) is 3. The molecule has 0 unspecified atom stereocenters. The summed E-state index contributed by atoms with van der Waals surface area (Å²) in [4.78, 5) is 16.2. The molecule has 1 aliphatic rings. The first-order valence-electron chi connectivity index (χ1n) is 8.85. The van der Waals surface area contributed by atoms with Gasteiger partial charge in [-0.25, -0.2) is 9.79 Å². The first-order chi connectivity index (χ1) is 12.8. The molecule has 158 valence electrons. The van der Waals surface area contributed by atoms with Gasteiger partial charge in [-0.05, 0) is 61.3 Å². The first-order valence-corrected chi connectivity index (χ1v) is 9.65. The van der Waals surface area contributed by atoms with E-state index in [0.29, 0.717) is 31.3 Å². The maximum absolute atomic E-state index is 11.6. The number of carbonyl (C=O) groups excluding carboxylic acids is 1. The molecule has 1 heterocycles. The van der Waals surface area contributed by atoms with Crippen LogP contribution in [0.5, 0.6) is 11.5 Å². The highest BCUT2D eigenvalue weighted by Gasteiger charge is 2.18. The van der Waals surface area contributed by atoms with Crippen LogP contribution in [0.4, 0.5) is 4.79 Å². The number of alkyl carbamates (subject to hydrolysis) is 1. The Hall–Kier alpha value is -1.43. The number of fused-ring (bicyclic) bond motifs is 1. The Morgan fingerprint density at radius 3 is 2.61 bits per heavy atom. The fourth-order valence-electron chi connectivity index (χ4n) is 2.28. The van der Waals surface area contributed by atoms with E-state index >= 15 is 0 Å². The maximum Gasteiger partial charge on any atom is 0.407 e. The number of amides is 1. The van der Waals surface area contributed by atoms with Gasteiger partial charge in [0.15, 0.2) is 17.5 Å². The van der Waals surface area contributed by atoms with Crippen molar-refractivity contribution < 1.29 is 19.0 Å². The molecular formula is C18H28BrIN4O4. The Balaban J connectivity index is 0.00000392. The molecule has 0 spiro atoms. The molecule has 0 fully saturated rings. The van der Waals surface area contributed by atoms with Crippen LogP contribution >= 0.6 is 39.9 Å². The van der Waals surface area contributed by atoms with E-state index in [1.54, 1.807) is 0 Å². The lowest BCUT2D eigenvalue weighted by Gasteiger charge is -2.19. The average molecular weight is 571 g/mol. The number of aliphatic imine (C=N–C) groups is 1. The van der Waals surface area contributed by atoms with Gasteiger partial charge in [-0.1, -0.05) is 0 Å². The highest BCUT2D eigenvalue weighted by molar-refractivity contribution is 14.0. The topological polar surface area (TPSA) is 93.2 Å². The Morgan fingerprint density at radius 2 is 1.93 bits per heavy atom. The molecule has 1 aromatic carbocycles. The van der Waals surface area contributed by atoms with E-state index in [2.05, 4.69) is 36.9 Å². The maximum atomic E-state index is 11.6. The van der Waals surface area contributed by atoms with Crippen molar-refractivity contribution in [2.24, 2.45) is 4.99 Å². The van der Waals surface area contributed by atoms with Crippen LogP contribution in [-0.2, 0) is 11.3 Å². The molecule has 10 heteroatoms. The second kappa shape index (κ2) is 11.5. The summed E-state index contributed by atoms with van der Waals surface area (Å²) in [6, 6.07) is 3.88. The van der Waals surface area contributed by atoms with Crippen LogP contribution in [0.15, 0.2) is 21.6 Å². The molecule has 2 rings (SSSR count). The predicted molar refractivity (Wildman–Crippen MR) is 123 cm³/mol. The molecule has 0 saturated heterocycles. The van der Waals surface area contributed by atoms with Gasteiger partial charge in [-0.2, -0.15) is 0 Å². The Bertz CT molecular complexity index is 695. The van der Waals surface area contributed by atoms with Gasteiger partial charge in [0.05, 0.1) is 11.0 Å². The number of benzene rings is 1. The Kier molecular flexibility index (Phi) is 10.1. The van der Waals surface area contributed by atoms with Crippen molar-refractivity contribution in [1.29, 1.82) is 0 Å². The SMILES string of the molecule is CCNC(=NCc1cc(Br)c2c(c1)OCO2)NCCNC(=O)OC(C)(C)C.I. The summed E-state index contributed by atoms with van der Waals surface area (Å²) in [6.45, 7) is 9.87. The van der Waals surface area contributed by atoms with Crippen LogP contribution in [0.1, 0.15) is 33.3 Å². The van der Waals surface area contributed by atoms with Crippen molar-refractivity contribution in [3.8, 4) is 11.5 Å². The van der Waals surface area contributed by atoms with Crippen molar-refractivity contribution in [2.75, 3.05) is 26.4 Å². The third-order valence-electron chi connectivity index (χ3n) is 3.34. The highest BCUT2D eigenvalue weighted by Crippen LogP contribution is 2.40. The summed E-state index contributed by atoms with van der Waals surface area (Å²) < 4.78 is 16.9. The van der Waals surface area contributed by atoms with E-state index in [1.807, 2.05) is 39.8 Å². The third kappa shape index (κ3) is 8.29. The number of rotatable bonds is 6. The molecule has 0 saturated carbocycles. The predicted octanol–water partition coefficient (Wildman–Crippen LogP) is 3.38. The highest BCUT2D eigenvalue weighted by atomic mass is 127. The molecule has 0 radical (unpaired) electrons. The summed E-state index contributed by atoms with van der Waals surface area (Å²) in [5.74, 6) is 2.10. The van der Waals surface area contributed by atoms with E-state index in [9.17, 15) is 4.79 Å². The largest absolute Gasteiger partial charge is 0.454 e. The minimum atomic E-state index is -0.507. The molecule has 0 aliphatic carbocycles. The lowest BCUT2D eigenvalue weighted by molar-refractivity contribution is 0.0529. The smallest absolute Gasteiger partial charge is 0.407 e. The van der Waals surface area contributed by atoms with Crippen LogP contribution in [0.25, 0.3) is 0 Å². The number of carbonyl (C=O) groups is 1. The average Bonchev–Trinajstić information content (AvgIpc) is 3.04. The summed E-state index contributed by atoms with van der Waals surface area (Å²) in [6.07, 6.45) is -0.434. The normalized spacial score (nSPS) is 12.8. The van der Waals surface area contributed by atoms with Crippen LogP contribution in [0.2, 0.25) is 0 Å². The van der Waals surface area contributed by atoms with Gasteiger partial charge in [-0.15, -0.1) is 24.0 Å². The zero-order chi connectivity index (χ0) is 19.9. The van der Waals surface area contributed by atoms with Crippen molar-refractivity contribution in [3.63, 3.8) is 0 Å². The zero-order valence-electron chi connectivity index (χ0n) is 16.6. The van der Waals surface area contributed by atoms with Crippen LogP contribution in [0, 0.1) is 0 Å². The van der Waals surface area contributed by atoms with Gasteiger partial charge in [0.25, 0.3) is 0 Å². The van der Waals surface area contributed by atoms with Crippen molar-refractivity contribution >= 4 is 52.0 Å². The standard InChI is InChI=1S/C18H27BrN4O4.HI/c1-5-20-16(21-6-7-22-17(24)27-18(2,3)4)23-10-12-8-13(19)15-14(9-12)25-11-26-15;/h8-9H,5-7,10-11H2,1-4H3,(H,22,24)(H2,20,21,23);1H. The summed E-state index contributed by atoms with van der Waals surface area (Å²) >= 11 is 3.48. The van der Waals surface area contributed by atoms with Crippen molar-refractivity contribution in [1.82, 2.24) is 16.0 Å². The molecular weight excluding hydrogens is 543 g/mol. The molecule has 3 N–H and O–H groups in total. The molecule has 0 atom stereocenters. The van der Waals surface area contributed by atoms with Gasteiger partial charge >= 0.3 is 6.09 Å². The second-order valence-electron chi connectivity index (χ2n) is 6.86. The van der Waals surface area contributed by atoms with E-state index in [4.69, 9.17) is 14.2 Å². The van der Waals surface area contributed by atoms with Crippen LogP contribution in [0.3, 0.4) is 0 Å². The van der Waals surface area contributed by atoms with Crippen LogP contribution < -0.4 is 25.4 Å². The van der Waals surface area contributed by atoms with E-state index < -0.39 is 11.7 Å². The summed E-state index contributed by atoms with van der Waals surface area (Å²) in [5, 5.41) is 9.05. The number of hydrogen-bond donors (Lipinski definition) is 3. The quantitative estimate of drug-likeness (QED) is 0.210. The monoisotopic (exact) mass is 570 g/mol. The molecule has 1 aromatic rings. The minimum absolute atomic E-state index is 0. The number of nitrogens with zero attached hydrogens (tertiary/aromatic N) is 1. The third-order valence-corrected chi connectivity index (χ3v) is 3.93. The number of halogens is 2. The van der Waals surface area contributed by atoms with Gasteiger partial charge in [0, 0.05) is 19.6 Å². The Morgan fingerprint density at radius 1 is 1.21 bits per heavy atom. The first kappa shape index (κ1) is 24.6. The second-order valence-corrected chi connectivity index (χ2v) is 7.72. The van der Waals surface area contributed by atoms with Crippen LogP contribution in [-0.4, -0.2) is 44.1 Å². The molecule has 0 aromatic heterocycles. The summed E-state index contributed by atoms with van der Waals surface area (Å²) in [5.41, 5.74) is 0.488. The number of ether oxygens (including phenoxy) is 3. The van der Waals surface area contributed by atoms with E-state index in [-0.39, 0.29) is 30.8 Å². The van der Waals surface area contributed by atoms with E-state index in [1.165, 1.54) is 0 Å². The van der Waals surface area contributed by atoms with E-state index in [0.717, 1.165) is 22.3 Å². The zero-order valence-corrected chi connectivity index (χ0v) is 20.5. The van der Waals surface area contributed by atoms with Gasteiger partial charge in [0.1, 0.15) is 5.60 Å².